The summed E-state index contributed by atoms with van der Waals surface area (Å²) in [6, 6.07) is 0. The van der Waals surface area contributed by atoms with Crippen LogP contribution in [0.1, 0.15) is 39.5 Å². The predicted molar refractivity (Wildman–Crippen MR) is 76.1 cm³/mol. The van der Waals surface area contributed by atoms with Crippen molar-refractivity contribution in [3.05, 3.63) is 0 Å². The van der Waals surface area contributed by atoms with E-state index < -0.39 is 0 Å². The molecule has 2 rings (SSSR count). The first-order chi connectivity index (χ1) is 9.09. The molecule has 2 aliphatic heterocycles. The van der Waals surface area contributed by atoms with Gasteiger partial charge in [0.2, 0.25) is 0 Å². The first kappa shape index (κ1) is 14.8. The van der Waals surface area contributed by atoms with Crippen molar-refractivity contribution in [2.24, 2.45) is 5.41 Å². The van der Waals surface area contributed by atoms with Crippen molar-refractivity contribution in [2.75, 3.05) is 39.8 Å². The molecular weight excluding hydrogens is 240 g/mol. The van der Waals surface area contributed by atoms with E-state index in [9.17, 15) is 4.79 Å². The molecule has 0 aromatic heterocycles. The van der Waals surface area contributed by atoms with Crippen LogP contribution >= 0.6 is 0 Å². The average Bonchev–Trinajstić information content (AvgIpc) is 2.75. The van der Waals surface area contributed by atoms with Gasteiger partial charge in [0, 0.05) is 39.1 Å². The van der Waals surface area contributed by atoms with Crippen LogP contribution in [0.15, 0.2) is 0 Å². The highest BCUT2D eigenvalue weighted by Gasteiger charge is 2.46. The lowest BCUT2D eigenvalue weighted by atomic mass is 9.79. The van der Waals surface area contributed by atoms with Gasteiger partial charge in [-0.25, -0.2) is 0 Å². The molecule has 0 saturated carbocycles. The van der Waals surface area contributed by atoms with Crippen molar-refractivity contribution < 1.29 is 9.53 Å². The fraction of sp³-hybridized carbons (Fsp3) is 0.933. The third kappa shape index (κ3) is 3.29. The van der Waals surface area contributed by atoms with Gasteiger partial charge in [-0.1, -0.05) is 13.8 Å². The van der Waals surface area contributed by atoms with Crippen molar-refractivity contribution in [1.29, 1.82) is 0 Å². The lowest BCUT2D eigenvalue weighted by Crippen LogP contribution is -2.45. The summed E-state index contributed by atoms with van der Waals surface area (Å²) in [7, 11) is 2.17. The van der Waals surface area contributed by atoms with E-state index in [1.807, 2.05) is 0 Å². The van der Waals surface area contributed by atoms with E-state index in [-0.39, 0.29) is 17.5 Å². The van der Waals surface area contributed by atoms with Crippen LogP contribution < -0.4 is 0 Å². The van der Waals surface area contributed by atoms with Crippen molar-refractivity contribution >= 4 is 5.97 Å². The average molecular weight is 268 g/mol. The van der Waals surface area contributed by atoms with Gasteiger partial charge < -0.3 is 14.5 Å². The Hall–Kier alpha value is -0.610. The van der Waals surface area contributed by atoms with Gasteiger partial charge in [-0.05, 0) is 26.3 Å². The van der Waals surface area contributed by atoms with E-state index in [0.29, 0.717) is 0 Å². The molecule has 4 nitrogen and oxygen atoms in total. The fourth-order valence-electron chi connectivity index (χ4n) is 3.22. The van der Waals surface area contributed by atoms with Crippen LogP contribution in [-0.2, 0) is 9.53 Å². The Labute approximate surface area is 117 Å². The Morgan fingerprint density at radius 3 is 2.37 bits per heavy atom. The smallest absolute Gasteiger partial charge is 0.312 e. The number of carbonyl (C=O) groups is 1. The van der Waals surface area contributed by atoms with E-state index in [1.54, 1.807) is 0 Å². The number of rotatable bonds is 5. The topological polar surface area (TPSA) is 32.8 Å². The van der Waals surface area contributed by atoms with Crippen LogP contribution in [-0.4, -0.2) is 61.6 Å². The first-order valence-corrected chi connectivity index (χ1v) is 7.71. The molecule has 0 bridgehead atoms. The number of piperazine rings is 1. The zero-order valence-corrected chi connectivity index (χ0v) is 12.7. The molecule has 0 aromatic carbocycles. The summed E-state index contributed by atoms with van der Waals surface area (Å²) >= 11 is 0. The number of cyclic esters (lactones) is 1. The summed E-state index contributed by atoms with van der Waals surface area (Å²) in [6.45, 7) is 9.86. The SMILES string of the molecule is CCC1(CC)CC(CCN2CCN(C)CC2)OC1=O. The first-order valence-electron chi connectivity index (χ1n) is 7.71. The highest BCUT2D eigenvalue weighted by Crippen LogP contribution is 2.41. The van der Waals surface area contributed by atoms with Crippen molar-refractivity contribution in [1.82, 2.24) is 9.80 Å². The maximum Gasteiger partial charge on any atom is 0.312 e. The van der Waals surface area contributed by atoms with Crippen LogP contribution in [0.2, 0.25) is 0 Å². The zero-order valence-electron chi connectivity index (χ0n) is 12.7. The lowest BCUT2D eigenvalue weighted by molar-refractivity contribution is -0.149. The lowest BCUT2D eigenvalue weighted by Gasteiger charge is -2.32. The van der Waals surface area contributed by atoms with Crippen LogP contribution in [0.3, 0.4) is 0 Å². The summed E-state index contributed by atoms with van der Waals surface area (Å²) in [5.74, 6) is 0.0425. The van der Waals surface area contributed by atoms with E-state index in [2.05, 4.69) is 30.7 Å². The number of hydrogen-bond acceptors (Lipinski definition) is 4. The van der Waals surface area contributed by atoms with Gasteiger partial charge in [0.15, 0.2) is 0 Å². The van der Waals surface area contributed by atoms with Crippen LogP contribution in [0.5, 0.6) is 0 Å². The van der Waals surface area contributed by atoms with Crippen molar-refractivity contribution in [3.63, 3.8) is 0 Å². The Kier molecular flexibility index (Phi) is 4.85. The second-order valence-corrected chi connectivity index (χ2v) is 6.15. The Bertz CT molecular complexity index is 307. The molecule has 2 saturated heterocycles. The predicted octanol–water partition coefficient (Wildman–Crippen LogP) is 1.75. The number of carbonyl (C=O) groups excluding carboxylic acids is 1. The van der Waals surface area contributed by atoms with Crippen molar-refractivity contribution in [3.8, 4) is 0 Å². The third-order valence-electron chi connectivity index (χ3n) is 5.04. The maximum absolute atomic E-state index is 12.0. The largest absolute Gasteiger partial charge is 0.462 e. The third-order valence-corrected chi connectivity index (χ3v) is 5.04. The fourth-order valence-corrected chi connectivity index (χ4v) is 3.22. The van der Waals surface area contributed by atoms with E-state index in [1.165, 1.54) is 0 Å². The number of nitrogens with zero attached hydrogens (tertiary/aromatic N) is 2. The molecule has 0 spiro atoms. The molecule has 4 heteroatoms. The Balaban J connectivity index is 1.77. The maximum atomic E-state index is 12.0. The summed E-state index contributed by atoms with van der Waals surface area (Å²) in [5.41, 5.74) is -0.188. The zero-order chi connectivity index (χ0) is 13.9. The second-order valence-electron chi connectivity index (χ2n) is 6.15. The summed E-state index contributed by atoms with van der Waals surface area (Å²) in [5, 5.41) is 0. The molecular formula is C15H28N2O2. The van der Waals surface area contributed by atoms with Gasteiger partial charge in [-0.2, -0.15) is 0 Å². The summed E-state index contributed by atoms with van der Waals surface area (Å²) in [4.78, 5) is 16.9. The van der Waals surface area contributed by atoms with Gasteiger partial charge in [0.05, 0.1) is 5.41 Å². The highest BCUT2D eigenvalue weighted by molar-refractivity contribution is 5.78. The molecule has 2 heterocycles. The molecule has 0 aliphatic carbocycles. The minimum absolute atomic E-state index is 0.0425. The van der Waals surface area contributed by atoms with Crippen LogP contribution in [0.4, 0.5) is 0 Å². The van der Waals surface area contributed by atoms with E-state index >= 15 is 0 Å². The quantitative estimate of drug-likeness (QED) is 0.711. The molecule has 110 valence electrons. The standard InChI is InChI=1S/C15H28N2O2/c1-4-15(5-2)12-13(19-14(15)18)6-7-17-10-8-16(3)9-11-17/h13H,4-12H2,1-3H3. The normalized spacial score (nSPS) is 28.6. The summed E-state index contributed by atoms with van der Waals surface area (Å²) in [6.07, 6.45) is 3.89. The van der Waals surface area contributed by atoms with Gasteiger partial charge in [-0.15, -0.1) is 0 Å². The molecule has 0 radical (unpaired) electrons. The number of hydrogen-bond donors (Lipinski definition) is 0. The molecule has 1 unspecified atom stereocenters. The summed E-state index contributed by atoms with van der Waals surface area (Å²) < 4.78 is 5.60. The molecule has 2 fully saturated rings. The number of ether oxygens (including phenoxy) is 1. The molecule has 1 atom stereocenters. The van der Waals surface area contributed by atoms with E-state index in [0.717, 1.165) is 58.4 Å². The second kappa shape index (κ2) is 6.23. The molecule has 0 aromatic rings. The van der Waals surface area contributed by atoms with Crippen LogP contribution in [0, 0.1) is 5.41 Å². The monoisotopic (exact) mass is 268 g/mol. The minimum Gasteiger partial charge on any atom is -0.462 e. The number of likely N-dealkylation sites (N-methyl/N-ethyl adjacent to an activating group) is 1. The molecule has 19 heavy (non-hydrogen) atoms. The minimum atomic E-state index is -0.188. The van der Waals surface area contributed by atoms with Gasteiger partial charge in [0.25, 0.3) is 0 Å². The molecule has 0 amide bonds. The molecule has 0 N–H and O–H groups in total. The van der Waals surface area contributed by atoms with Gasteiger partial charge in [-0.3, -0.25) is 4.79 Å². The van der Waals surface area contributed by atoms with Crippen LogP contribution in [0.25, 0.3) is 0 Å². The Morgan fingerprint density at radius 2 is 1.84 bits per heavy atom. The van der Waals surface area contributed by atoms with Gasteiger partial charge >= 0.3 is 5.97 Å². The molecule has 2 aliphatic rings. The van der Waals surface area contributed by atoms with Gasteiger partial charge in [0.1, 0.15) is 6.10 Å². The highest BCUT2D eigenvalue weighted by atomic mass is 16.6. The Morgan fingerprint density at radius 1 is 1.21 bits per heavy atom. The van der Waals surface area contributed by atoms with E-state index in [4.69, 9.17) is 4.74 Å². The van der Waals surface area contributed by atoms with Crippen molar-refractivity contribution in [2.45, 2.75) is 45.6 Å². The number of esters is 1.